The number of methoxy groups -OCH3 is 1. The van der Waals surface area contributed by atoms with Crippen molar-refractivity contribution in [3.63, 3.8) is 0 Å². The Morgan fingerprint density at radius 3 is 2.60 bits per heavy atom. The van der Waals surface area contributed by atoms with Crippen LogP contribution in [-0.2, 0) is 10.3 Å². The van der Waals surface area contributed by atoms with E-state index in [1.165, 1.54) is 7.11 Å². The summed E-state index contributed by atoms with van der Waals surface area (Å²) in [6.07, 6.45) is 0. The van der Waals surface area contributed by atoms with Crippen molar-refractivity contribution < 1.29 is 17.3 Å². The van der Waals surface area contributed by atoms with E-state index in [-0.39, 0.29) is 5.75 Å². The zero-order valence-electron chi connectivity index (χ0n) is 10.7. The van der Waals surface area contributed by atoms with E-state index in [0.29, 0.717) is 5.75 Å². The second-order valence-electron chi connectivity index (χ2n) is 4.40. The molecule has 1 heterocycles. The second kappa shape index (κ2) is 4.81. The summed E-state index contributed by atoms with van der Waals surface area (Å²) in [4.78, 5) is 0. The van der Waals surface area contributed by atoms with E-state index in [9.17, 15) is 8.42 Å². The Morgan fingerprint density at radius 1 is 1.15 bits per heavy atom. The average molecular weight is 291 g/mol. The van der Waals surface area contributed by atoms with Crippen molar-refractivity contribution in [2.45, 2.75) is 6.04 Å². The summed E-state index contributed by atoms with van der Waals surface area (Å²) in [6, 6.07) is 14.0. The average Bonchev–Trinajstić information content (AvgIpc) is 2.45. The molecule has 0 aliphatic carbocycles. The molecule has 1 N–H and O–H groups in total. The highest BCUT2D eigenvalue weighted by atomic mass is 32.2. The number of fused-ring (bicyclic) bond motifs is 1. The summed E-state index contributed by atoms with van der Waals surface area (Å²) >= 11 is 0. The molecule has 2 aromatic carbocycles. The third-order valence-electron chi connectivity index (χ3n) is 3.13. The van der Waals surface area contributed by atoms with Gasteiger partial charge in [0, 0.05) is 11.6 Å². The Labute approximate surface area is 117 Å². The number of ether oxygens (including phenoxy) is 1. The van der Waals surface area contributed by atoms with Crippen LogP contribution < -0.4 is 13.6 Å². The van der Waals surface area contributed by atoms with Gasteiger partial charge in [-0.05, 0) is 17.7 Å². The van der Waals surface area contributed by atoms with E-state index < -0.39 is 16.3 Å². The van der Waals surface area contributed by atoms with Crippen LogP contribution >= 0.6 is 0 Å². The lowest BCUT2D eigenvalue weighted by atomic mass is 9.98. The molecule has 6 heteroatoms. The number of hydrogen-bond acceptors (Lipinski definition) is 4. The molecule has 1 aliphatic rings. The predicted molar refractivity (Wildman–Crippen MR) is 74.0 cm³/mol. The van der Waals surface area contributed by atoms with E-state index in [4.69, 9.17) is 8.92 Å². The van der Waals surface area contributed by atoms with Gasteiger partial charge in [-0.1, -0.05) is 30.3 Å². The zero-order chi connectivity index (χ0) is 14.2. The van der Waals surface area contributed by atoms with Crippen LogP contribution in [0, 0.1) is 0 Å². The molecule has 0 fully saturated rings. The van der Waals surface area contributed by atoms with E-state index in [2.05, 4.69) is 4.72 Å². The van der Waals surface area contributed by atoms with Gasteiger partial charge in [0.05, 0.1) is 13.2 Å². The van der Waals surface area contributed by atoms with Crippen LogP contribution in [0.4, 0.5) is 0 Å². The summed E-state index contributed by atoms with van der Waals surface area (Å²) in [5, 5.41) is 0. The van der Waals surface area contributed by atoms with Crippen LogP contribution in [0.1, 0.15) is 17.2 Å². The Bertz CT molecular complexity index is 728. The maximum absolute atomic E-state index is 11.8. The van der Waals surface area contributed by atoms with Gasteiger partial charge in [-0.25, -0.2) is 0 Å². The third-order valence-corrected chi connectivity index (χ3v) is 4.05. The third kappa shape index (κ3) is 2.35. The van der Waals surface area contributed by atoms with Gasteiger partial charge in [0.2, 0.25) is 0 Å². The topological polar surface area (TPSA) is 64.6 Å². The fourth-order valence-electron chi connectivity index (χ4n) is 2.20. The maximum Gasteiger partial charge on any atom is 0.383 e. The van der Waals surface area contributed by atoms with Gasteiger partial charge in [0.1, 0.15) is 5.75 Å². The summed E-state index contributed by atoms with van der Waals surface area (Å²) in [5.74, 6) is 0.838. The Morgan fingerprint density at radius 2 is 1.90 bits per heavy atom. The monoisotopic (exact) mass is 291 g/mol. The van der Waals surface area contributed by atoms with Gasteiger partial charge in [0.15, 0.2) is 5.75 Å². The number of hydrogen-bond donors (Lipinski definition) is 1. The summed E-state index contributed by atoms with van der Waals surface area (Å²) in [7, 11) is -2.30. The van der Waals surface area contributed by atoms with Crippen molar-refractivity contribution in [2.24, 2.45) is 0 Å². The van der Waals surface area contributed by atoms with E-state index in [1.54, 1.807) is 18.2 Å². The Balaban J connectivity index is 2.14. The van der Waals surface area contributed by atoms with Gasteiger partial charge in [0.25, 0.3) is 0 Å². The van der Waals surface area contributed by atoms with Gasteiger partial charge in [-0.2, -0.15) is 13.1 Å². The van der Waals surface area contributed by atoms with Crippen LogP contribution in [0.15, 0.2) is 48.5 Å². The molecule has 1 aliphatic heterocycles. The maximum atomic E-state index is 11.8. The Kier molecular flexibility index (Phi) is 3.11. The molecule has 2 aromatic rings. The first-order chi connectivity index (χ1) is 9.59. The minimum absolute atomic E-state index is 0.289. The molecule has 0 unspecified atom stereocenters. The van der Waals surface area contributed by atoms with Crippen LogP contribution in [-0.4, -0.2) is 15.5 Å². The van der Waals surface area contributed by atoms with Crippen LogP contribution in [0.5, 0.6) is 11.5 Å². The molecule has 0 saturated heterocycles. The van der Waals surface area contributed by atoms with Gasteiger partial charge < -0.3 is 8.92 Å². The molecule has 5 nitrogen and oxygen atoms in total. The molecule has 3 rings (SSSR count). The van der Waals surface area contributed by atoms with E-state index in [0.717, 1.165) is 11.1 Å². The molecular formula is C14H13NO4S. The minimum Gasteiger partial charge on any atom is -0.497 e. The first-order valence-electron chi connectivity index (χ1n) is 6.04. The smallest absolute Gasteiger partial charge is 0.383 e. The van der Waals surface area contributed by atoms with Crippen molar-refractivity contribution >= 4 is 10.3 Å². The summed E-state index contributed by atoms with van der Waals surface area (Å²) < 4.78 is 36.2. The van der Waals surface area contributed by atoms with Crippen molar-refractivity contribution in [3.8, 4) is 11.5 Å². The first-order valence-corrected chi connectivity index (χ1v) is 7.44. The molecular weight excluding hydrogens is 278 g/mol. The molecule has 0 amide bonds. The van der Waals surface area contributed by atoms with Crippen molar-refractivity contribution in [1.82, 2.24) is 4.72 Å². The van der Waals surface area contributed by atoms with Crippen molar-refractivity contribution in [3.05, 3.63) is 59.7 Å². The second-order valence-corrected chi connectivity index (χ2v) is 5.71. The zero-order valence-corrected chi connectivity index (χ0v) is 11.6. The van der Waals surface area contributed by atoms with Gasteiger partial charge in [-0.15, -0.1) is 0 Å². The highest BCUT2D eigenvalue weighted by molar-refractivity contribution is 7.85. The van der Waals surface area contributed by atoms with Crippen LogP contribution in [0.2, 0.25) is 0 Å². The summed E-state index contributed by atoms with van der Waals surface area (Å²) in [5.41, 5.74) is 1.61. The van der Waals surface area contributed by atoms with E-state index in [1.807, 2.05) is 30.3 Å². The molecule has 0 radical (unpaired) electrons. The fourth-order valence-corrected chi connectivity index (χ4v) is 3.18. The van der Waals surface area contributed by atoms with Gasteiger partial charge in [-0.3, -0.25) is 0 Å². The largest absolute Gasteiger partial charge is 0.497 e. The van der Waals surface area contributed by atoms with Crippen molar-refractivity contribution in [2.75, 3.05) is 7.11 Å². The minimum atomic E-state index is -3.82. The molecule has 0 bridgehead atoms. The molecule has 1 atom stereocenters. The predicted octanol–water partition coefficient (Wildman–Crippen LogP) is 2.01. The molecule has 0 saturated carbocycles. The standard InChI is InChI=1S/C14H13NO4S/c1-18-11-7-8-12-13(9-11)19-20(16,17)15-14(12)10-5-3-2-4-6-10/h2-9,14-15H,1H3/t14-/m0/s1. The lowest BCUT2D eigenvalue weighted by Crippen LogP contribution is -2.37. The molecule has 20 heavy (non-hydrogen) atoms. The highest BCUT2D eigenvalue weighted by Gasteiger charge is 2.31. The lowest BCUT2D eigenvalue weighted by molar-refractivity contribution is 0.406. The van der Waals surface area contributed by atoms with Gasteiger partial charge >= 0.3 is 10.3 Å². The van der Waals surface area contributed by atoms with Crippen molar-refractivity contribution in [1.29, 1.82) is 0 Å². The Hall–Kier alpha value is -2.05. The van der Waals surface area contributed by atoms with Crippen LogP contribution in [0.3, 0.4) is 0 Å². The van der Waals surface area contributed by atoms with E-state index >= 15 is 0 Å². The normalized spacial score (nSPS) is 19.8. The SMILES string of the molecule is COc1ccc2c(c1)OS(=O)(=O)N[C@H]2c1ccccc1. The fraction of sp³-hybridized carbons (Fsp3) is 0.143. The molecule has 0 aromatic heterocycles. The number of rotatable bonds is 2. The number of benzene rings is 2. The van der Waals surface area contributed by atoms with Crippen LogP contribution in [0.25, 0.3) is 0 Å². The molecule has 104 valence electrons. The number of nitrogens with one attached hydrogen (secondary N) is 1. The highest BCUT2D eigenvalue weighted by Crippen LogP contribution is 2.37. The lowest BCUT2D eigenvalue weighted by Gasteiger charge is -2.26. The first kappa shape index (κ1) is 13.0. The summed E-state index contributed by atoms with van der Waals surface area (Å²) in [6.45, 7) is 0. The quantitative estimate of drug-likeness (QED) is 0.919. The molecule has 0 spiro atoms.